The molecule has 0 fully saturated rings. The number of pyridine rings is 1. The van der Waals surface area contributed by atoms with Gasteiger partial charge in [0.2, 0.25) is 5.78 Å². The van der Waals surface area contributed by atoms with Crippen LogP contribution in [0.3, 0.4) is 0 Å². The van der Waals surface area contributed by atoms with Crippen LogP contribution in [0.25, 0.3) is 22.2 Å². The van der Waals surface area contributed by atoms with E-state index in [1.54, 1.807) is 36.5 Å². The van der Waals surface area contributed by atoms with Crippen molar-refractivity contribution in [2.24, 2.45) is 0 Å². The number of halogens is 3. The molecule has 0 spiro atoms. The first-order valence-electron chi connectivity index (χ1n) is 11.0. The Morgan fingerprint density at radius 3 is 2.43 bits per heavy atom. The first kappa shape index (κ1) is 23.7. The lowest BCUT2D eigenvalue weighted by atomic mass is 9.99. The average molecular weight is 499 g/mol. The molecule has 2 aromatic heterocycles. The lowest BCUT2D eigenvalue weighted by Gasteiger charge is -2.11. The molecule has 5 aromatic rings. The van der Waals surface area contributed by atoms with Crippen molar-refractivity contribution >= 4 is 34.7 Å². The first-order valence-corrected chi connectivity index (χ1v) is 11.0. The van der Waals surface area contributed by atoms with E-state index in [-0.39, 0.29) is 11.1 Å². The molecule has 0 aliphatic heterocycles. The minimum Gasteiger partial charge on any atom is -0.345 e. The number of H-pyrrole nitrogens is 1. The Morgan fingerprint density at radius 2 is 1.70 bits per heavy atom. The Labute approximate surface area is 207 Å². The Hall–Kier alpha value is -5.05. The van der Waals surface area contributed by atoms with Crippen LogP contribution in [-0.4, -0.2) is 27.9 Å². The SMILES string of the molecule is O=Cc1ccc(-c2cnc3[nH]cc(C(=O)c4c(F)ccc(NC(=O)c5cccc(F)c5)c4F)c3c2)cc1. The quantitative estimate of drug-likeness (QED) is 0.223. The van der Waals surface area contributed by atoms with Crippen molar-refractivity contribution in [3.63, 3.8) is 0 Å². The molecule has 0 saturated carbocycles. The zero-order chi connectivity index (χ0) is 26.1. The Morgan fingerprint density at radius 1 is 0.919 bits per heavy atom. The number of fused-ring (bicyclic) bond motifs is 1. The van der Waals surface area contributed by atoms with Gasteiger partial charge in [-0.05, 0) is 42.0 Å². The molecule has 1 amide bonds. The Bertz CT molecular complexity index is 1690. The van der Waals surface area contributed by atoms with Crippen LogP contribution in [0.15, 0.2) is 79.1 Å². The van der Waals surface area contributed by atoms with Gasteiger partial charge >= 0.3 is 0 Å². The van der Waals surface area contributed by atoms with Gasteiger partial charge in [-0.25, -0.2) is 18.2 Å². The van der Waals surface area contributed by atoms with Crippen LogP contribution in [0, 0.1) is 17.5 Å². The van der Waals surface area contributed by atoms with Crippen molar-refractivity contribution in [2.75, 3.05) is 5.32 Å². The van der Waals surface area contributed by atoms with Crippen molar-refractivity contribution in [1.29, 1.82) is 0 Å². The third-order valence-corrected chi connectivity index (χ3v) is 5.81. The van der Waals surface area contributed by atoms with Gasteiger partial charge in [0.1, 0.15) is 23.6 Å². The maximum atomic E-state index is 15.3. The number of carbonyl (C=O) groups is 3. The Kier molecular flexibility index (Phi) is 6.10. The zero-order valence-electron chi connectivity index (χ0n) is 18.9. The highest BCUT2D eigenvalue weighted by Crippen LogP contribution is 2.29. The van der Waals surface area contributed by atoms with Crippen molar-refractivity contribution in [2.45, 2.75) is 0 Å². The summed E-state index contributed by atoms with van der Waals surface area (Å²) in [5, 5.41) is 2.58. The van der Waals surface area contributed by atoms with E-state index in [1.807, 2.05) is 0 Å². The summed E-state index contributed by atoms with van der Waals surface area (Å²) in [7, 11) is 0. The molecular formula is C28H16F3N3O3. The Balaban J connectivity index is 1.51. The molecule has 0 aliphatic rings. The average Bonchev–Trinajstić information content (AvgIpc) is 3.33. The van der Waals surface area contributed by atoms with Gasteiger partial charge in [-0.2, -0.15) is 0 Å². The van der Waals surface area contributed by atoms with E-state index in [0.29, 0.717) is 28.4 Å². The number of hydrogen-bond donors (Lipinski definition) is 2. The molecule has 0 aliphatic carbocycles. The monoisotopic (exact) mass is 499 g/mol. The van der Waals surface area contributed by atoms with E-state index in [9.17, 15) is 23.2 Å². The molecule has 6 nitrogen and oxygen atoms in total. The van der Waals surface area contributed by atoms with Crippen LogP contribution in [0.1, 0.15) is 36.6 Å². The topological polar surface area (TPSA) is 91.9 Å². The van der Waals surface area contributed by atoms with Crippen LogP contribution >= 0.6 is 0 Å². The van der Waals surface area contributed by atoms with Gasteiger partial charge in [-0.3, -0.25) is 14.4 Å². The van der Waals surface area contributed by atoms with Crippen LogP contribution in [-0.2, 0) is 0 Å². The standard InChI is InChI=1S/C28H16F3N3O3/c29-19-3-1-2-17(10-19)28(37)34-23-9-8-22(30)24(25(23)31)26(36)21-13-33-27-20(21)11-18(12-32-27)16-6-4-15(14-35)5-7-16/h1-14H,(H,32,33)(H,34,37). The van der Waals surface area contributed by atoms with E-state index in [0.717, 1.165) is 29.8 Å². The van der Waals surface area contributed by atoms with Crippen molar-refractivity contribution in [3.05, 3.63) is 119 Å². The second-order valence-electron chi connectivity index (χ2n) is 8.14. The van der Waals surface area contributed by atoms with Gasteiger partial charge in [-0.1, -0.05) is 30.3 Å². The lowest BCUT2D eigenvalue weighted by Crippen LogP contribution is -2.16. The van der Waals surface area contributed by atoms with Gasteiger partial charge in [0, 0.05) is 40.0 Å². The van der Waals surface area contributed by atoms with Crippen molar-refractivity contribution in [3.8, 4) is 11.1 Å². The summed E-state index contributed by atoms with van der Waals surface area (Å²) in [6.07, 6.45) is 3.58. The number of aromatic nitrogens is 2. The largest absolute Gasteiger partial charge is 0.345 e. The van der Waals surface area contributed by atoms with E-state index in [4.69, 9.17) is 0 Å². The summed E-state index contributed by atoms with van der Waals surface area (Å²) in [4.78, 5) is 43.8. The molecule has 2 heterocycles. The molecule has 0 atom stereocenters. The van der Waals surface area contributed by atoms with E-state index in [2.05, 4.69) is 15.3 Å². The summed E-state index contributed by atoms with van der Waals surface area (Å²) in [6, 6.07) is 14.9. The number of ketones is 1. The molecule has 3 aromatic carbocycles. The molecule has 0 radical (unpaired) electrons. The van der Waals surface area contributed by atoms with Crippen molar-refractivity contribution < 1.29 is 27.6 Å². The van der Waals surface area contributed by atoms with E-state index in [1.165, 1.54) is 18.3 Å². The number of benzene rings is 3. The molecule has 0 saturated heterocycles. The summed E-state index contributed by atoms with van der Waals surface area (Å²) < 4.78 is 43.5. The minimum absolute atomic E-state index is 0.0275. The van der Waals surface area contributed by atoms with Crippen LogP contribution in [0.4, 0.5) is 18.9 Å². The molecule has 5 rings (SSSR count). The molecule has 37 heavy (non-hydrogen) atoms. The number of nitrogens with zero attached hydrogens (tertiary/aromatic N) is 1. The van der Waals surface area contributed by atoms with Crippen LogP contribution < -0.4 is 5.32 Å². The predicted octanol–water partition coefficient (Wildman–Crippen LogP) is 5.94. The normalized spacial score (nSPS) is 10.9. The lowest BCUT2D eigenvalue weighted by molar-refractivity contribution is 0.101. The number of aromatic amines is 1. The third-order valence-electron chi connectivity index (χ3n) is 5.81. The number of anilines is 1. The van der Waals surface area contributed by atoms with E-state index < -0.39 is 40.4 Å². The number of amides is 1. The summed E-state index contributed by atoms with van der Waals surface area (Å²) in [5.41, 5.74) is 0.758. The molecule has 0 unspecified atom stereocenters. The molecule has 0 bridgehead atoms. The third kappa shape index (κ3) is 4.50. The van der Waals surface area contributed by atoms with Gasteiger partial charge in [0.15, 0.2) is 5.82 Å². The second-order valence-corrected chi connectivity index (χ2v) is 8.14. The fourth-order valence-electron chi connectivity index (χ4n) is 3.92. The summed E-state index contributed by atoms with van der Waals surface area (Å²) in [6.45, 7) is 0. The smallest absolute Gasteiger partial charge is 0.255 e. The van der Waals surface area contributed by atoms with Crippen LogP contribution in [0.5, 0.6) is 0 Å². The zero-order valence-corrected chi connectivity index (χ0v) is 18.9. The van der Waals surface area contributed by atoms with Gasteiger partial charge in [0.05, 0.1) is 11.3 Å². The highest BCUT2D eigenvalue weighted by molar-refractivity contribution is 6.17. The minimum atomic E-state index is -1.27. The number of nitrogens with one attached hydrogen (secondary N) is 2. The second kappa shape index (κ2) is 9.54. The first-order chi connectivity index (χ1) is 17.9. The van der Waals surface area contributed by atoms with Crippen molar-refractivity contribution in [1.82, 2.24) is 9.97 Å². The number of carbonyl (C=O) groups excluding carboxylic acids is 3. The summed E-state index contributed by atoms with van der Waals surface area (Å²) in [5.74, 6) is -4.83. The molecule has 9 heteroatoms. The maximum Gasteiger partial charge on any atom is 0.255 e. The number of hydrogen-bond acceptors (Lipinski definition) is 4. The van der Waals surface area contributed by atoms with Gasteiger partial charge in [-0.15, -0.1) is 0 Å². The molecule has 182 valence electrons. The van der Waals surface area contributed by atoms with Crippen LogP contribution in [0.2, 0.25) is 0 Å². The molecule has 2 N–H and O–H groups in total. The fourth-order valence-corrected chi connectivity index (χ4v) is 3.92. The van der Waals surface area contributed by atoms with Gasteiger partial charge in [0.25, 0.3) is 5.91 Å². The highest BCUT2D eigenvalue weighted by Gasteiger charge is 2.25. The maximum absolute atomic E-state index is 15.3. The number of rotatable bonds is 6. The number of aldehydes is 1. The van der Waals surface area contributed by atoms with Gasteiger partial charge < -0.3 is 10.3 Å². The fraction of sp³-hybridized carbons (Fsp3) is 0. The van der Waals surface area contributed by atoms with E-state index >= 15 is 4.39 Å². The molecular weight excluding hydrogens is 483 g/mol. The summed E-state index contributed by atoms with van der Waals surface area (Å²) >= 11 is 0. The highest BCUT2D eigenvalue weighted by atomic mass is 19.1. The predicted molar refractivity (Wildman–Crippen MR) is 131 cm³/mol.